The molecule has 0 bridgehead atoms. The van der Waals surface area contributed by atoms with Gasteiger partial charge in [-0.1, -0.05) is 0 Å². The Hall–Kier alpha value is -1.24. The summed E-state index contributed by atoms with van der Waals surface area (Å²) in [5.74, 6) is -0.0701. The maximum Gasteiger partial charge on any atom is 0.296 e. The van der Waals surface area contributed by atoms with E-state index >= 15 is 0 Å². The molecule has 0 radical (unpaired) electrons. The quantitative estimate of drug-likeness (QED) is 0.798. The van der Waals surface area contributed by atoms with E-state index in [-0.39, 0.29) is 17.9 Å². The molecule has 7 heteroatoms. The van der Waals surface area contributed by atoms with Crippen molar-refractivity contribution < 1.29 is 8.78 Å². The van der Waals surface area contributed by atoms with Crippen LogP contribution in [0.4, 0.5) is 14.7 Å². The molecule has 2 atom stereocenters. The maximum atomic E-state index is 12.3. The second kappa shape index (κ2) is 4.32. The molecule has 2 unspecified atom stereocenters. The summed E-state index contributed by atoms with van der Waals surface area (Å²) in [4.78, 5) is 5.64. The maximum absolute atomic E-state index is 12.3. The third kappa shape index (κ3) is 1.99. The van der Waals surface area contributed by atoms with Gasteiger partial charge < -0.3 is 10.6 Å². The average Bonchev–Trinajstić information content (AvgIpc) is 2.71. The Morgan fingerprint density at radius 2 is 2.31 bits per heavy atom. The average molecular weight is 231 g/mol. The fourth-order valence-electron chi connectivity index (χ4n) is 1.95. The monoisotopic (exact) mass is 231 g/mol. The van der Waals surface area contributed by atoms with Crippen molar-refractivity contribution in [3.8, 4) is 0 Å². The van der Waals surface area contributed by atoms with Gasteiger partial charge in [-0.25, -0.2) is 8.78 Å². The van der Waals surface area contributed by atoms with Crippen molar-refractivity contribution in [2.24, 2.45) is 5.73 Å². The van der Waals surface area contributed by atoms with Crippen molar-refractivity contribution >= 4 is 5.95 Å². The first-order valence-electron chi connectivity index (χ1n) is 5.32. The number of alkyl halides is 2. The number of piperidine rings is 1. The summed E-state index contributed by atoms with van der Waals surface area (Å²) in [6, 6.07) is 0.123. The molecule has 0 saturated carbocycles. The van der Waals surface area contributed by atoms with Crippen molar-refractivity contribution in [1.29, 1.82) is 0 Å². The zero-order valence-corrected chi connectivity index (χ0v) is 9.03. The topological polar surface area (TPSA) is 70.8 Å². The van der Waals surface area contributed by atoms with Crippen LogP contribution in [-0.2, 0) is 0 Å². The minimum atomic E-state index is -2.62. The van der Waals surface area contributed by atoms with Crippen LogP contribution in [0.1, 0.15) is 32.0 Å². The van der Waals surface area contributed by atoms with E-state index in [4.69, 9.17) is 5.73 Å². The molecule has 1 fully saturated rings. The highest BCUT2D eigenvalue weighted by Crippen LogP contribution is 2.22. The first kappa shape index (κ1) is 11.3. The fraction of sp³-hybridized carbons (Fsp3) is 0.778. The fourth-order valence-corrected chi connectivity index (χ4v) is 1.95. The Labute approximate surface area is 92.0 Å². The van der Waals surface area contributed by atoms with Gasteiger partial charge in [0.15, 0.2) is 5.82 Å². The highest BCUT2D eigenvalue weighted by atomic mass is 19.3. The van der Waals surface area contributed by atoms with Gasteiger partial charge >= 0.3 is 0 Å². The van der Waals surface area contributed by atoms with Gasteiger partial charge in [0.25, 0.3) is 6.43 Å². The first-order chi connectivity index (χ1) is 7.59. The van der Waals surface area contributed by atoms with Gasteiger partial charge in [0.2, 0.25) is 5.95 Å². The standard InChI is InChI=1S/C9H15F2N5/c1-5-6(12)3-2-4-16(5)9-13-8(7(10)11)14-15-9/h5-7H,2-4,12H2,1H3,(H,13,14,15). The number of nitrogens with one attached hydrogen (secondary N) is 1. The number of rotatable bonds is 2. The van der Waals surface area contributed by atoms with E-state index in [1.165, 1.54) is 0 Å². The molecule has 5 nitrogen and oxygen atoms in total. The molecular weight excluding hydrogens is 216 g/mol. The lowest BCUT2D eigenvalue weighted by molar-refractivity contribution is 0.141. The molecule has 0 spiro atoms. The molecule has 1 saturated heterocycles. The molecular formula is C9H15F2N5. The molecule has 1 aromatic rings. The van der Waals surface area contributed by atoms with Crippen LogP contribution in [0.25, 0.3) is 0 Å². The number of hydrogen-bond acceptors (Lipinski definition) is 4. The summed E-state index contributed by atoms with van der Waals surface area (Å²) in [5.41, 5.74) is 5.92. The number of hydrogen-bond donors (Lipinski definition) is 2. The summed E-state index contributed by atoms with van der Waals surface area (Å²) in [6.45, 7) is 2.72. The van der Waals surface area contributed by atoms with Crippen molar-refractivity contribution in [3.63, 3.8) is 0 Å². The number of halogens is 2. The number of H-pyrrole nitrogens is 1. The van der Waals surface area contributed by atoms with E-state index < -0.39 is 6.43 Å². The molecule has 1 aliphatic heterocycles. The van der Waals surface area contributed by atoms with Gasteiger partial charge in [-0.15, -0.1) is 5.10 Å². The van der Waals surface area contributed by atoms with Crippen LogP contribution in [0, 0.1) is 0 Å². The van der Waals surface area contributed by atoms with Crippen LogP contribution in [0.2, 0.25) is 0 Å². The van der Waals surface area contributed by atoms with Crippen LogP contribution in [0.3, 0.4) is 0 Å². The molecule has 1 aromatic heterocycles. The zero-order chi connectivity index (χ0) is 11.7. The number of aromatic nitrogens is 3. The zero-order valence-electron chi connectivity index (χ0n) is 9.03. The summed E-state index contributed by atoms with van der Waals surface area (Å²) in [5, 5.41) is 6.04. The highest BCUT2D eigenvalue weighted by molar-refractivity contribution is 5.32. The normalized spacial score (nSPS) is 26.4. The largest absolute Gasteiger partial charge is 0.335 e. The first-order valence-corrected chi connectivity index (χ1v) is 5.32. The lowest BCUT2D eigenvalue weighted by Gasteiger charge is -2.36. The lowest BCUT2D eigenvalue weighted by atomic mass is 9.99. The van der Waals surface area contributed by atoms with Gasteiger partial charge in [0.1, 0.15) is 0 Å². The summed E-state index contributed by atoms with van der Waals surface area (Å²) in [7, 11) is 0. The van der Waals surface area contributed by atoms with Gasteiger partial charge in [0, 0.05) is 18.6 Å². The Bertz CT molecular complexity index is 353. The Morgan fingerprint density at radius 3 is 2.94 bits per heavy atom. The predicted octanol–water partition coefficient (Wildman–Crippen LogP) is 1.06. The van der Waals surface area contributed by atoms with Crippen molar-refractivity contribution in [2.75, 3.05) is 11.4 Å². The summed E-state index contributed by atoms with van der Waals surface area (Å²) < 4.78 is 24.7. The molecule has 0 aliphatic carbocycles. The molecule has 2 rings (SSSR count). The van der Waals surface area contributed by atoms with E-state index in [1.54, 1.807) is 0 Å². The van der Waals surface area contributed by atoms with Gasteiger partial charge in [0.05, 0.1) is 0 Å². The Balaban J connectivity index is 2.16. The van der Waals surface area contributed by atoms with Crippen LogP contribution < -0.4 is 10.6 Å². The minimum Gasteiger partial charge on any atom is -0.335 e. The molecule has 0 aromatic carbocycles. The van der Waals surface area contributed by atoms with E-state index in [2.05, 4.69) is 15.2 Å². The number of nitrogens with two attached hydrogens (primary N) is 1. The number of anilines is 1. The summed E-state index contributed by atoms with van der Waals surface area (Å²) >= 11 is 0. The molecule has 16 heavy (non-hydrogen) atoms. The van der Waals surface area contributed by atoms with Gasteiger partial charge in [-0.05, 0) is 19.8 Å². The predicted molar refractivity (Wildman–Crippen MR) is 55.4 cm³/mol. The highest BCUT2D eigenvalue weighted by Gasteiger charge is 2.28. The van der Waals surface area contributed by atoms with Gasteiger partial charge in [-0.3, -0.25) is 5.10 Å². The van der Waals surface area contributed by atoms with E-state index in [0.717, 1.165) is 19.4 Å². The van der Waals surface area contributed by atoms with Crippen molar-refractivity contribution in [3.05, 3.63) is 5.82 Å². The van der Waals surface area contributed by atoms with E-state index in [9.17, 15) is 8.78 Å². The smallest absolute Gasteiger partial charge is 0.296 e. The molecule has 3 N–H and O–H groups in total. The summed E-state index contributed by atoms with van der Waals surface area (Å²) in [6.07, 6.45) is -0.733. The molecule has 0 amide bonds. The Morgan fingerprint density at radius 1 is 1.56 bits per heavy atom. The van der Waals surface area contributed by atoms with Crippen LogP contribution in [0.5, 0.6) is 0 Å². The van der Waals surface area contributed by atoms with Crippen molar-refractivity contribution in [1.82, 2.24) is 15.2 Å². The van der Waals surface area contributed by atoms with Crippen molar-refractivity contribution in [2.45, 2.75) is 38.3 Å². The van der Waals surface area contributed by atoms with Crippen LogP contribution in [0.15, 0.2) is 0 Å². The van der Waals surface area contributed by atoms with E-state index in [1.807, 2.05) is 11.8 Å². The SMILES string of the molecule is CC1C(N)CCCN1c1n[nH]c(C(F)F)n1. The third-order valence-electron chi connectivity index (χ3n) is 3.00. The molecule has 1 aliphatic rings. The molecule has 2 heterocycles. The lowest BCUT2D eigenvalue weighted by Crippen LogP contribution is -2.50. The van der Waals surface area contributed by atoms with E-state index in [0.29, 0.717) is 5.95 Å². The number of aromatic amines is 1. The van der Waals surface area contributed by atoms with Crippen LogP contribution >= 0.6 is 0 Å². The molecule has 90 valence electrons. The minimum absolute atomic E-state index is 0.0437. The Kier molecular flexibility index (Phi) is 3.04. The second-order valence-electron chi connectivity index (χ2n) is 4.06. The van der Waals surface area contributed by atoms with Gasteiger partial charge in [-0.2, -0.15) is 4.98 Å². The second-order valence-corrected chi connectivity index (χ2v) is 4.06. The number of nitrogens with zero attached hydrogens (tertiary/aromatic N) is 3. The third-order valence-corrected chi connectivity index (χ3v) is 3.00. The van der Waals surface area contributed by atoms with Crippen LogP contribution in [-0.4, -0.2) is 33.8 Å².